The molecular formula is C79H119N11O27. The van der Waals surface area contributed by atoms with Crippen molar-refractivity contribution in [1.82, 2.24) is 56.2 Å². The van der Waals surface area contributed by atoms with Crippen LogP contribution in [0.1, 0.15) is 137 Å². The van der Waals surface area contributed by atoms with Crippen molar-refractivity contribution in [3.63, 3.8) is 0 Å². The number of aliphatic hydroxyl groups is 10. The molecule has 30 atom stereocenters. The number of benzene rings is 2. The Morgan fingerprint density at radius 1 is 0.513 bits per heavy atom. The van der Waals surface area contributed by atoms with Gasteiger partial charge >= 0.3 is 5.97 Å². The fourth-order valence-electron chi connectivity index (χ4n) is 16.2. The Labute approximate surface area is 678 Å². The fraction of sp³-hybridized carbons (Fsp3) is 0.722. The van der Waals surface area contributed by atoms with Crippen LogP contribution < -0.4 is 21.3 Å². The van der Waals surface area contributed by atoms with Gasteiger partial charge in [-0.3, -0.25) is 24.0 Å². The molecule has 2 aromatic carbocycles. The van der Waals surface area contributed by atoms with E-state index in [2.05, 4.69) is 41.9 Å². The lowest BCUT2D eigenvalue weighted by Crippen LogP contribution is -2.67. The van der Waals surface area contributed by atoms with E-state index in [-0.39, 0.29) is 62.4 Å². The molecule has 11 rings (SSSR count). The normalized spacial score (nSPS) is 35.0. The molecule has 38 heteroatoms. The van der Waals surface area contributed by atoms with E-state index < -0.39 is 214 Å². The lowest BCUT2D eigenvalue weighted by molar-refractivity contribution is -0.337. The van der Waals surface area contributed by atoms with Crippen molar-refractivity contribution < 1.29 is 132 Å². The lowest BCUT2D eigenvalue weighted by atomic mass is 9.78. The highest BCUT2D eigenvalue weighted by Gasteiger charge is 2.57. The number of nitrogens with one attached hydrogen (secondary N) is 4. The molecule has 2 aromatic heterocycles. The van der Waals surface area contributed by atoms with Gasteiger partial charge in [-0.15, -0.1) is 10.2 Å². The number of carbonyl (C=O) groups is 6. The minimum Gasteiger partial charge on any atom is -0.479 e. The van der Waals surface area contributed by atoms with Gasteiger partial charge < -0.3 is 130 Å². The molecular weight excluding hydrogens is 1530 g/mol. The van der Waals surface area contributed by atoms with E-state index in [1.54, 1.807) is 43.0 Å². The molecule has 117 heavy (non-hydrogen) atoms. The first kappa shape index (κ1) is 92.3. The molecule has 4 aromatic rings. The molecule has 5 aliphatic heterocycles. The first-order valence-corrected chi connectivity index (χ1v) is 40.7. The van der Waals surface area contributed by atoms with Crippen LogP contribution >= 0.6 is 0 Å². The van der Waals surface area contributed by atoms with E-state index in [4.69, 9.17) is 47.4 Å². The number of Topliss-reactive ketones (excluding diaryl/α,β-unsaturated/α-hetero) is 2. The summed E-state index contributed by atoms with van der Waals surface area (Å²) < 4.78 is 66.2. The Hall–Kier alpha value is -6.94. The predicted molar refractivity (Wildman–Crippen MR) is 410 cm³/mol. The van der Waals surface area contributed by atoms with Crippen molar-refractivity contribution in [3.8, 4) is 22.5 Å². The first-order chi connectivity index (χ1) is 56.1. The maximum absolute atomic E-state index is 14.0. The SMILES string of the molecule is CCC[C@H](OC1C(NC(C)=O)[C@H](O[C@@H]2CC(C(=O)CCCNC)CC(n3cc(-c4ccccc4)nn3)[C@H]2O[C@@H]2OC(C)[C@@H](O)[C@H](O)C2O)O[C@@H](CO)[C@@H]1O)C(=O)N1CCC1.CCC[C@H](OC1C(NC(C)=O)[C@H](O[C@@H]2CC(C(=O)CCCNC)CC(n3cc(-c4ccccc4)nn3)[C@H]2O[C@@H]2OC(C)[C@@H](O)[C@H](O)C2O)O[C@@H](CO)[C@@H]1O)C(=O)O. The number of hydrogen-bond acceptors (Lipinski definition) is 32. The summed E-state index contributed by atoms with van der Waals surface area (Å²) in [5.74, 6) is -4.07. The summed E-state index contributed by atoms with van der Waals surface area (Å²) in [5.41, 5.74) is 2.59. The molecule has 5 saturated heterocycles. The number of aromatic nitrogens is 6. The number of amides is 3. The molecule has 652 valence electrons. The van der Waals surface area contributed by atoms with Crippen LogP contribution in [0.5, 0.6) is 0 Å². The number of ether oxygens (including phenoxy) is 10. The first-order valence-electron chi connectivity index (χ1n) is 40.7. The van der Waals surface area contributed by atoms with Gasteiger partial charge in [-0.05, 0) is 98.8 Å². The molecule has 12 unspecified atom stereocenters. The molecule has 38 nitrogen and oxygen atoms in total. The molecule has 0 radical (unpaired) electrons. The topological polar surface area (TPSA) is 530 Å². The quantitative estimate of drug-likeness (QED) is 0.0236. The third-order valence-electron chi connectivity index (χ3n) is 22.8. The van der Waals surface area contributed by atoms with Gasteiger partial charge in [0.25, 0.3) is 5.91 Å². The van der Waals surface area contributed by atoms with Gasteiger partial charge in [0.2, 0.25) is 11.8 Å². The van der Waals surface area contributed by atoms with E-state index in [0.29, 0.717) is 69.7 Å². The molecule has 7 fully saturated rings. The smallest absolute Gasteiger partial charge is 0.332 e. The van der Waals surface area contributed by atoms with Crippen molar-refractivity contribution in [2.45, 2.75) is 296 Å². The number of aliphatic carboxylic acids is 1. The monoisotopic (exact) mass is 1650 g/mol. The number of aliphatic hydroxyl groups excluding tert-OH is 10. The van der Waals surface area contributed by atoms with Crippen LogP contribution in [0.4, 0.5) is 0 Å². The van der Waals surface area contributed by atoms with Gasteiger partial charge in [-0.1, -0.05) is 97.8 Å². The van der Waals surface area contributed by atoms with Crippen LogP contribution in [0.3, 0.4) is 0 Å². The van der Waals surface area contributed by atoms with Crippen LogP contribution in [-0.2, 0) is 76.1 Å². The fourth-order valence-corrected chi connectivity index (χ4v) is 16.2. The van der Waals surface area contributed by atoms with Crippen LogP contribution in [-0.4, -0.2) is 339 Å². The molecule has 0 bridgehead atoms. The van der Waals surface area contributed by atoms with Crippen molar-refractivity contribution in [2.24, 2.45) is 11.8 Å². The summed E-state index contributed by atoms with van der Waals surface area (Å²) in [6.45, 7) is 10.1. The second kappa shape index (κ2) is 43.5. The maximum Gasteiger partial charge on any atom is 0.332 e. The number of rotatable bonds is 36. The summed E-state index contributed by atoms with van der Waals surface area (Å²) in [7, 11) is 3.58. The predicted octanol–water partition coefficient (Wildman–Crippen LogP) is -1.28. The van der Waals surface area contributed by atoms with Crippen LogP contribution in [0.15, 0.2) is 73.1 Å². The average Bonchev–Trinajstić information content (AvgIpc) is 1.71. The van der Waals surface area contributed by atoms with Crippen molar-refractivity contribution in [1.29, 1.82) is 0 Å². The Balaban J connectivity index is 0.000000247. The number of carboxylic acid groups (broad SMARTS) is 1. The Morgan fingerprint density at radius 2 is 0.915 bits per heavy atom. The minimum atomic E-state index is -1.72. The van der Waals surface area contributed by atoms with E-state index in [1.165, 1.54) is 32.4 Å². The molecule has 7 heterocycles. The van der Waals surface area contributed by atoms with Crippen LogP contribution in [0.2, 0.25) is 0 Å². The van der Waals surface area contributed by atoms with Crippen LogP contribution in [0, 0.1) is 11.8 Å². The molecule has 2 aliphatic carbocycles. The van der Waals surface area contributed by atoms with Crippen LogP contribution in [0.25, 0.3) is 22.5 Å². The number of carboxylic acids is 1. The van der Waals surface area contributed by atoms with Crippen molar-refractivity contribution in [2.75, 3.05) is 53.5 Å². The zero-order chi connectivity index (χ0) is 84.5. The minimum absolute atomic E-state index is 0.0153. The molecule has 0 spiro atoms. The zero-order valence-electron chi connectivity index (χ0n) is 67.3. The van der Waals surface area contributed by atoms with E-state index in [9.17, 15) is 84.9 Å². The maximum atomic E-state index is 14.0. The third kappa shape index (κ3) is 23.0. The van der Waals surface area contributed by atoms with Gasteiger partial charge in [-0.2, -0.15) is 0 Å². The van der Waals surface area contributed by atoms with E-state index in [1.807, 2.05) is 67.6 Å². The zero-order valence-corrected chi connectivity index (χ0v) is 67.3. The second-order valence-electron chi connectivity index (χ2n) is 31.3. The Kier molecular flexibility index (Phi) is 34.4. The van der Waals surface area contributed by atoms with Gasteiger partial charge in [0, 0.05) is 62.7 Å². The average molecular weight is 1650 g/mol. The molecule has 7 aliphatic rings. The van der Waals surface area contributed by atoms with Crippen molar-refractivity contribution in [3.05, 3.63) is 73.1 Å². The Morgan fingerprint density at radius 3 is 1.27 bits per heavy atom. The number of carbonyl (C=O) groups excluding carboxylic acids is 5. The molecule has 15 N–H and O–H groups in total. The lowest BCUT2D eigenvalue weighted by Gasteiger charge is -2.49. The Bertz CT molecular complexity index is 3780. The van der Waals surface area contributed by atoms with Gasteiger partial charge in [-0.25, -0.2) is 14.2 Å². The summed E-state index contributed by atoms with van der Waals surface area (Å²) in [5, 5.41) is 148. The number of ketones is 2. The molecule has 3 amide bonds. The summed E-state index contributed by atoms with van der Waals surface area (Å²) >= 11 is 0. The highest BCUT2D eigenvalue weighted by molar-refractivity contribution is 5.82. The number of nitrogens with zero attached hydrogens (tertiary/aromatic N) is 7. The summed E-state index contributed by atoms with van der Waals surface area (Å²) in [6.07, 6.45) is -25.1. The summed E-state index contributed by atoms with van der Waals surface area (Å²) in [4.78, 5) is 80.9. The van der Waals surface area contributed by atoms with E-state index in [0.717, 1.165) is 17.5 Å². The standard InChI is InChI=1S/C41H62N6O13.C38H57N5O14/c1-5-11-29(39(55)46-16-10-17-46)57-38-32(43-23(3)49)40(59-31(21-48)34(38)52)58-30-19-25(28(50)14-9-15-42-4)18-27(47-20-26(44-45-47)24-12-7-6-8-13-24)37(30)60-41-36(54)35(53)33(51)22(2)56-41;1-5-10-26(36(51)52)54-35-29(40-20(3)45)37(56-28(18-44)31(35)48)55-27-16-22(25(46)13-9-14-39-4)15-24(43-17-23(41-42-43)21-11-7-6-8-12-21)34(27)57-38-33(50)32(49)30(47)19(2)53-38/h6-8,12-13,20,22,25,27,29-38,40-42,48,51-54H,5,9-11,14-19,21H2,1-4H3,(H,43,49);6-8,11-12,17,19,22,24,26-35,37-39,44,47-50H,5,9-10,13-16,18H2,1-4H3,(H,40,45)(H,51,52)/t22?,25?,27?,29-,30+,31-,32?,33+,34-,35-,36?,37+,38?,40+,41-;19?,22?,24?,26-,27+,28-,29?,30+,31-,32-,33?,34+,35?,37+,38-/m00/s1. The van der Waals surface area contributed by atoms with Gasteiger partial charge in [0.05, 0.1) is 62.1 Å². The number of likely N-dealkylation sites (tertiary alicyclic amines) is 1. The number of hydrogen-bond donors (Lipinski definition) is 15. The van der Waals surface area contributed by atoms with Crippen molar-refractivity contribution >= 4 is 35.3 Å². The largest absolute Gasteiger partial charge is 0.479 e. The second-order valence-corrected chi connectivity index (χ2v) is 31.3. The highest BCUT2D eigenvalue weighted by atomic mass is 16.7. The highest BCUT2D eigenvalue weighted by Crippen LogP contribution is 2.45. The van der Waals surface area contributed by atoms with Gasteiger partial charge in [0.15, 0.2) is 31.3 Å². The molecule has 2 saturated carbocycles. The van der Waals surface area contributed by atoms with E-state index >= 15 is 0 Å². The third-order valence-corrected chi connectivity index (χ3v) is 22.8. The van der Waals surface area contributed by atoms with Gasteiger partial charge in [0.1, 0.15) is 127 Å². The summed E-state index contributed by atoms with van der Waals surface area (Å²) in [6, 6.07) is 14.4.